The van der Waals surface area contributed by atoms with E-state index in [1.807, 2.05) is 41.5 Å². The topological polar surface area (TPSA) is 40.2 Å². The van der Waals surface area contributed by atoms with Crippen molar-refractivity contribution in [2.24, 2.45) is 0 Å². The number of nitrogens with zero attached hydrogens (tertiary/aromatic N) is 1. The maximum absolute atomic E-state index is 6.75. The summed E-state index contributed by atoms with van der Waals surface area (Å²) in [6.45, 7) is 23.0. The summed E-state index contributed by atoms with van der Waals surface area (Å²) < 4.78 is 28.9. The smallest absolute Gasteiger partial charge is 0.329 e. The molecule has 29 heavy (non-hydrogen) atoms. The van der Waals surface area contributed by atoms with Crippen molar-refractivity contribution in [1.29, 1.82) is 0 Å². The number of hydrogen-bond donors (Lipinski definition) is 0. The zero-order valence-electron chi connectivity index (χ0n) is 20.9. The van der Waals surface area contributed by atoms with Crippen molar-refractivity contribution in [1.82, 2.24) is 4.67 Å². The fourth-order valence-electron chi connectivity index (χ4n) is 4.25. The van der Waals surface area contributed by atoms with Gasteiger partial charge in [0, 0.05) is 6.04 Å². The van der Waals surface area contributed by atoms with Crippen molar-refractivity contribution >= 4 is 8.07 Å². The van der Waals surface area contributed by atoms with Gasteiger partial charge in [0.2, 0.25) is 5.72 Å². The molecule has 1 aliphatic rings. The predicted molar refractivity (Wildman–Crippen MR) is 124 cm³/mol. The Balaban J connectivity index is 3.64. The van der Waals surface area contributed by atoms with E-state index >= 15 is 0 Å². The molecule has 5 nitrogen and oxygen atoms in total. The van der Waals surface area contributed by atoms with E-state index in [0.29, 0.717) is 0 Å². The molecule has 6 heteroatoms. The van der Waals surface area contributed by atoms with Crippen LogP contribution in [0.2, 0.25) is 0 Å². The third kappa shape index (κ3) is 7.40. The van der Waals surface area contributed by atoms with E-state index in [1.54, 1.807) is 0 Å². The van der Waals surface area contributed by atoms with Gasteiger partial charge in [0.25, 0.3) is 0 Å². The van der Waals surface area contributed by atoms with Crippen LogP contribution in [0.3, 0.4) is 0 Å². The van der Waals surface area contributed by atoms with Crippen molar-refractivity contribution in [3.8, 4) is 0 Å². The second-order valence-electron chi connectivity index (χ2n) is 9.66. The van der Waals surface area contributed by atoms with Crippen LogP contribution in [0.4, 0.5) is 0 Å². The predicted octanol–water partition coefficient (Wildman–Crippen LogP) is 6.35. The Kier molecular flexibility index (Phi) is 11.0. The van der Waals surface area contributed by atoms with Crippen LogP contribution >= 0.6 is 8.07 Å². The van der Waals surface area contributed by atoms with Gasteiger partial charge in [-0.3, -0.25) is 0 Å². The second kappa shape index (κ2) is 11.7. The first-order valence-corrected chi connectivity index (χ1v) is 13.3. The standard InChI is InChI=1S/C23H48NO4P/c1-17(2)24(29-15-13-12-14-16-29)22(11,25-18(3)4)23(26-19(5)6,27-20(7)8)28-21(9)10/h17-21H,12-16H2,1-11H3. The highest BCUT2D eigenvalue weighted by molar-refractivity contribution is 7.55. The van der Waals surface area contributed by atoms with E-state index in [1.165, 1.54) is 31.6 Å². The molecule has 0 bridgehead atoms. The lowest BCUT2D eigenvalue weighted by Gasteiger charge is -2.57. The molecular formula is C23H48NO4P. The highest BCUT2D eigenvalue weighted by Crippen LogP contribution is 2.55. The SMILES string of the molecule is CC(C)OC(OC(C)C)(OC(C)C)C(C)(OC(C)C)N(C(C)C)P1CCCCC1. The Hall–Kier alpha value is 0.230. The van der Waals surface area contributed by atoms with Crippen LogP contribution in [0.5, 0.6) is 0 Å². The van der Waals surface area contributed by atoms with Gasteiger partial charge in [-0.1, -0.05) is 6.42 Å². The lowest BCUT2D eigenvalue weighted by molar-refractivity contribution is -0.486. The average molecular weight is 434 g/mol. The lowest BCUT2D eigenvalue weighted by Crippen LogP contribution is -2.70. The van der Waals surface area contributed by atoms with Crippen LogP contribution in [-0.4, -0.2) is 59.2 Å². The number of hydrogen-bond acceptors (Lipinski definition) is 5. The van der Waals surface area contributed by atoms with Crippen LogP contribution in [-0.2, 0) is 18.9 Å². The molecule has 1 unspecified atom stereocenters. The summed E-state index contributed by atoms with van der Waals surface area (Å²) in [5.74, 6) is -1.32. The molecule has 1 aliphatic heterocycles. The summed E-state index contributed by atoms with van der Waals surface area (Å²) in [6, 6.07) is 0.282. The maximum Gasteiger partial charge on any atom is 0.329 e. The Morgan fingerprint density at radius 1 is 0.621 bits per heavy atom. The Bertz CT molecular complexity index is 437. The van der Waals surface area contributed by atoms with Gasteiger partial charge in [0.1, 0.15) is 0 Å². The van der Waals surface area contributed by atoms with Gasteiger partial charge < -0.3 is 18.9 Å². The van der Waals surface area contributed by atoms with E-state index in [-0.39, 0.29) is 38.5 Å². The molecule has 1 rings (SSSR count). The molecule has 174 valence electrons. The van der Waals surface area contributed by atoms with Crippen LogP contribution in [0.25, 0.3) is 0 Å². The third-order valence-electron chi connectivity index (χ3n) is 4.77. The summed E-state index contributed by atoms with van der Waals surface area (Å²) in [5.41, 5.74) is -0.878. The fraction of sp³-hybridized carbons (Fsp3) is 1.00. The molecule has 0 saturated carbocycles. The maximum atomic E-state index is 6.75. The van der Waals surface area contributed by atoms with Gasteiger partial charge in [-0.05, 0) is 109 Å². The van der Waals surface area contributed by atoms with E-state index in [2.05, 4.69) is 39.3 Å². The van der Waals surface area contributed by atoms with Crippen LogP contribution in [0.1, 0.15) is 95.4 Å². The molecular weight excluding hydrogens is 385 g/mol. The van der Waals surface area contributed by atoms with E-state index in [0.717, 1.165) is 0 Å². The Morgan fingerprint density at radius 2 is 1.00 bits per heavy atom. The fourth-order valence-corrected chi connectivity index (χ4v) is 7.44. The van der Waals surface area contributed by atoms with Crippen molar-refractivity contribution in [3.63, 3.8) is 0 Å². The highest BCUT2D eigenvalue weighted by Gasteiger charge is 2.61. The van der Waals surface area contributed by atoms with Crippen molar-refractivity contribution in [2.75, 3.05) is 12.3 Å². The molecule has 1 saturated heterocycles. The molecule has 0 aromatic carbocycles. The molecule has 0 aromatic rings. The minimum absolute atomic E-state index is 0.00250. The van der Waals surface area contributed by atoms with Gasteiger partial charge in [0.15, 0.2) is 0 Å². The van der Waals surface area contributed by atoms with Crippen molar-refractivity contribution in [3.05, 3.63) is 0 Å². The zero-order valence-corrected chi connectivity index (χ0v) is 21.8. The Labute approximate surface area is 182 Å². The average Bonchev–Trinajstić information content (AvgIpc) is 2.52. The number of rotatable bonds is 12. The number of ether oxygens (including phenoxy) is 4. The van der Waals surface area contributed by atoms with Crippen LogP contribution in [0, 0.1) is 0 Å². The summed E-state index contributed by atoms with van der Waals surface area (Å²) in [4.78, 5) is 0. The lowest BCUT2D eigenvalue weighted by atomic mass is 10.1. The molecule has 0 aromatic heterocycles. The van der Waals surface area contributed by atoms with Gasteiger partial charge in [-0.15, -0.1) is 0 Å². The van der Waals surface area contributed by atoms with E-state index in [4.69, 9.17) is 18.9 Å². The zero-order chi connectivity index (χ0) is 22.4. The molecule has 1 heterocycles. The van der Waals surface area contributed by atoms with Gasteiger partial charge >= 0.3 is 5.97 Å². The first-order valence-electron chi connectivity index (χ1n) is 11.6. The molecule has 0 amide bonds. The molecule has 0 spiro atoms. The monoisotopic (exact) mass is 433 g/mol. The first kappa shape index (κ1) is 27.3. The summed E-state index contributed by atoms with van der Waals surface area (Å²) in [6.07, 6.45) is 6.12. The van der Waals surface area contributed by atoms with Crippen molar-refractivity contribution in [2.45, 2.75) is 138 Å². The van der Waals surface area contributed by atoms with Crippen LogP contribution < -0.4 is 0 Å². The molecule has 0 N–H and O–H groups in total. The van der Waals surface area contributed by atoms with Gasteiger partial charge in [-0.2, -0.15) is 0 Å². The highest BCUT2D eigenvalue weighted by atomic mass is 31.1. The summed E-state index contributed by atoms with van der Waals surface area (Å²) in [5, 5.41) is 0. The van der Waals surface area contributed by atoms with Crippen molar-refractivity contribution < 1.29 is 18.9 Å². The minimum atomic E-state index is -1.32. The normalized spacial score (nSPS) is 19.3. The molecule has 1 atom stereocenters. The summed E-state index contributed by atoms with van der Waals surface area (Å²) in [7, 11) is -0.364. The third-order valence-corrected chi connectivity index (χ3v) is 7.89. The Morgan fingerprint density at radius 3 is 1.31 bits per heavy atom. The molecule has 0 radical (unpaired) electrons. The van der Waals surface area contributed by atoms with E-state index in [9.17, 15) is 0 Å². The molecule has 1 fully saturated rings. The van der Waals surface area contributed by atoms with Crippen LogP contribution in [0.15, 0.2) is 0 Å². The van der Waals surface area contributed by atoms with E-state index < -0.39 is 11.7 Å². The summed E-state index contributed by atoms with van der Waals surface area (Å²) >= 11 is 0. The quantitative estimate of drug-likeness (QED) is 0.265. The largest absolute Gasteiger partial charge is 0.350 e. The van der Waals surface area contributed by atoms with Gasteiger partial charge in [0.05, 0.1) is 24.4 Å². The minimum Gasteiger partial charge on any atom is -0.350 e. The van der Waals surface area contributed by atoms with Gasteiger partial charge in [-0.25, -0.2) is 4.67 Å². The second-order valence-corrected chi connectivity index (χ2v) is 12.0. The molecule has 0 aliphatic carbocycles. The first-order chi connectivity index (χ1) is 13.3.